The number of hydrogen-bond acceptors (Lipinski definition) is 2. The quantitative estimate of drug-likeness (QED) is 0.270. The Morgan fingerprint density at radius 1 is 1.54 bits per heavy atom. The second-order valence-electron chi connectivity index (χ2n) is 2.90. The van der Waals surface area contributed by atoms with Gasteiger partial charge in [-0.05, 0) is 27.0 Å². The molecule has 0 aromatic heterocycles. The number of allylic oxidation sites excluding steroid dienone is 4. The maximum absolute atomic E-state index is 5.45. The second-order valence-corrected chi connectivity index (χ2v) is 2.90. The summed E-state index contributed by atoms with van der Waals surface area (Å²) in [7, 11) is 1.99. The van der Waals surface area contributed by atoms with E-state index in [1.807, 2.05) is 50.1 Å². The highest BCUT2D eigenvalue weighted by Gasteiger charge is 1.94. The molecule has 0 amide bonds. The molecule has 0 saturated carbocycles. The molecule has 0 aromatic rings. The van der Waals surface area contributed by atoms with E-state index in [9.17, 15) is 0 Å². The van der Waals surface area contributed by atoms with Gasteiger partial charge in [0.05, 0.1) is 5.76 Å². The van der Waals surface area contributed by atoms with Crippen LogP contribution in [0.1, 0.15) is 13.8 Å². The summed E-state index contributed by atoms with van der Waals surface area (Å²) in [6.07, 6.45) is 7.74. The average molecular weight is 181 g/mol. The van der Waals surface area contributed by atoms with Crippen molar-refractivity contribution in [1.82, 2.24) is 4.90 Å². The van der Waals surface area contributed by atoms with Gasteiger partial charge in [-0.25, -0.2) is 0 Å². The van der Waals surface area contributed by atoms with E-state index in [1.54, 1.807) is 0 Å². The number of hydrogen-bond donors (Lipinski definition) is 0. The molecule has 0 saturated heterocycles. The smallest absolute Gasteiger partial charge is 0.141 e. The van der Waals surface area contributed by atoms with Gasteiger partial charge in [0.1, 0.15) is 6.73 Å². The van der Waals surface area contributed by atoms with Gasteiger partial charge in [0, 0.05) is 6.54 Å². The average Bonchev–Trinajstić information content (AvgIpc) is 2.12. The van der Waals surface area contributed by atoms with Crippen LogP contribution in [0.25, 0.3) is 0 Å². The first-order chi connectivity index (χ1) is 6.20. The normalized spacial score (nSPS) is 12.5. The van der Waals surface area contributed by atoms with Crippen molar-refractivity contribution in [3.05, 3.63) is 36.6 Å². The molecule has 0 aliphatic heterocycles. The fraction of sp³-hybridized carbons (Fsp3) is 0.455. The summed E-state index contributed by atoms with van der Waals surface area (Å²) in [5, 5.41) is 0. The van der Waals surface area contributed by atoms with Crippen molar-refractivity contribution in [2.24, 2.45) is 0 Å². The minimum absolute atomic E-state index is 0.603. The van der Waals surface area contributed by atoms with Gasteiger partial charge in [0.25, 0.3) is 0 Å². The zero-order valence-corrected chi connectivity index (χ0v) is 8.79. The van der Waals surface area contributed by atoms with Crippen LogP contribution in [-0.4, -0.2) is 25.2 Å². The van der Waals surface area contributed by atoms with Crippen LogP contribution in [0.15, 0.2) is 36.6 Å². The molecule has 0 unspecified atom stereocenters. The van der Waals surface area contributed by atoms with E-state index in [-0.39, 0.29) is 0 Å². The summed E-state index contributed by atoms with van der Waals surface area (Å²) in [5.41, 5.74) is 0. The van der Waals surface area contributed by atoms with Crippen molar-refractivity contribution < 1.29 is 4.74 Å². The lowest BCUT2D eigenvalue weighted by molar-refractivity contribution is 0.101. The third-order valence-electron chi connectivity index (χ3n) is 1.48. The molecule has 0 radical (unpaired) electrons. The standard InChI is InChI=1S/C11H19NO/c1-5-7-8-11(3)13-10-12(4)9-6-2/h5-8H,2,9-10H2,1,3-4H3/b7-5-,11-8+. The van der Waals surface area contributed by atoms with Crippen LogP contribution in [0.2, 0.25) is 0 Å². The molecule has 0 aromatic carbocycles. The van der Waals surface area contributed by atoms with Crippen molar-refractivity contribution >= 4 is 0 Å². The van der Waals surface area contributed by atoms with E-state index >= 15 is 0 Å². The largest absolute Gasteiger partial charge is 0.483 e. The number of nitrogens with zero attached hydrogens (tertiary/aromatic N) is 1. The molecule has 0 heterocycles. The Balaban J connectivity index is 3.68. The van der Waals surface area contributed by atoms with Crippen LogP contribution >= 0.6 is 0 Å². The molecule has 0 aliphatic carbocycles. The molecule has 0 spiro atoms. The molecule has 0 bridgehead atoms. The fourth-order valence-electron chi connectivity index (χ4n) is 0.765. The predicted molar refractivity (Wildman–Crippen MR) is 57.4 cm³/mol. The predicted octanol–water partition coefficient (Wildman–Crippen LogP) is 2.56. The molecule has 0 aliphatic rings. The topological polar surface area (TPSA) is 12.5 Å². The Morgan fingerprint density at radius 3 is 2.77 bits per heavy atom. The monoisotopic (exact) mass is 181 g/mol. The summed E-state index contributed by atoms with van der Waals surface area (Å²) in [4.78, 5) is 2.04. The van der Waals surface area contributed by atoms with Crippen LogP contribution in [-0.2, 0) is 4.74 Å². The Kier molecular flexibility index (Phi) is 7.02. The third-order valence-corrected chi connectivity index (χ3v) is 1.48. The lowest BCUT2D eigenvalue weighted by Gasteiger charge is -2.15. The van der Waals surface area contributed by atoms with Gasteiger partial charge in [-0.2, -0.15) is 0 Å². The first kappa shape index (κ1) is 12.0. The van der Waals surface area contributed by atoms with E-state index in [0.717, 1.165) is 12.3 Å². The summed E-state index contributed by atoms with van der Waals surface area (Å²) in [6.45, 7) is 9.03. The Labute approximate surface area is 81.2 Å². The molecule has 13 heavy (non-hydrogen) atoms. The van der Waals surface area contributed by atoms with Crippen molar-refractivity contribution in [1.29, 1.82) is 0 Å². The zero-order valence-electron chi connectivity index (χ0n) is 8.79. The van der Waals surface area contributed by atoms with Crippen LogP contribution in [0, 0.1) is 0 Å². The maximum Gasteiger partial charge on any atom is 0.141 e. The highest BCUT2D eigenvalue weighted by molar-refractivity contribution is 5.04. The SMILES string of the molecule is C=CCN(C)CO/C(C)=C/C=C\C. The van der Waals surface area contributed by atoms with E-state index in [0.29, 0.717) is 6.73 Å². The highest BCUT2D eigenvalue weighted by Crippen LogP contribution is 1.97. The van der Waals surface area contributed by atoms with E-state index in [2.05, 4.69) is 6.58 Å². The summed E-state index contributed by atoms with van der Waals surface area (Å²) >= 11 is 0. The molecule has 0 fully saturated rings. The van der Waals surface area contributed by atoms with Crippen molar-refractivity contribution in [2.75, 3.05) is 20.3 Å². The van der Waals surface area contributed by atoms with Gasteiger partial charge < -0.3 is 4.74 Å². The van der Waals surface area contributed by atoms with Gasteiger partial charge in [-0.1, -0.05) is 18.2 Å². The van der Waals surface area contributed by atoms with E-state index < -0.39 is 0 Å². The van der Waals surface area contributed by atoms with Crippen LogP contribution in [0.4, 0.5) is 0 Å². The lowest BCUT2D eigenvalue weighted by atomic mass is 10.4. The lowest BCUT2D eigenvalue weighted by Crippen LogP contribution is -2.21. The maximum atomic E-state index is 5.45. The molecule has 0 atom stereocenters. The van der Waals surface area contributed by atoms with Crippen LogP contribution < -0.4 is 0 Å². The van der Waals surface area contributed by atoms with Gasteiger partial charge in [-0.3, -0.25) is 4.90 Å². The van der Waals surface area contributed by atoms with Gasteiger partial charge in [-0.15, -0.1) is 6.58 Å². The minimum Gasteiger partial charge on any atom is -0.483 e. The highest BCUT2D eigenvalue weighted by atomic mass is 16.5. The van der Waals surface area contributed by atoms with Gasteiger partial charge in [0.2, 0.25) is 0 Å². The van der Waals surface area contributed by atoms with Crippen molar-refractivity contribution in [2.45, 2.75) is 13.8 Å². The Hall–Kier alpha value is -1.02. The molecule has 74 valence electrons. The third kappa shape index (κ3) is 7.34. The van der Waals surface area contributed by atoms with E-state index in [1.165, 1.54) is 0 Å². The van der Waals surface area contributed by atoms with Crippen molar-refractivity contribution in [3.63, 3.8) is 0 Å². The first-order valence-electron chi connectivity index (χ1n) is 4.42. The van der Waals surface area contributed by atoms with E-state index in [4.69, 9.17) is 4.74 Å². The molecule has 0 rings (SSSR count). The molecule has 0 N–H and O–H groups in total. The molecular formula is C11H19NO. The van der Waals surface area contributed by atoms with Crippen molar-refractivity contribution in [3.8, 4) is 0 Å². The minimum atomic E-state index is 0.603. The number of likely N-dealkylation sites (N-methyl/N-ethyl adjacent to an activating group) is 1. The fourth-order valence-corrected chi connectivity index (χ4v) is 0.765. The number of ether oxygens (including phenoxy) is 1. The van der Waals surface area contributed by atoms with Gasteiger partial charge in [0.15, 0.2) is 0 Å². The second kappa shape index (κ2) is 7.62. The molecule has 2 heteroatoms. The van der Waals surface area contributed by atoms with Gasteiger partial charge >= 0.3 is 0 Å². The Morgan fingerprint density at radius 2 is 2.23 bits per heavy atom. The number of rotatable bonds is 6. The summed E-state index contributed by atoms with van der Waals surface area (Å²) in [6, 6.07) is 0. The zero-order chi connectivity index (χ0) is 10.1. The van der Waals surface area contributed by atoms with Crippen LogP contribution in [0.3, 0.4) is 0 Å². The Bertz CT molecular complexity index is 194. The molecule has 2 nitrogen and oxygen atoms in total. The van der Waals surface area contributed by atoms with Crippen LogP contribution in [0.5, 0.6) is 0 Å². The summed E-state index contributed by atoms with van der Waals surface area (Å²) in [5.74, 6) is 0.925. The summed E-state index contributed by atoms with van der Waals surface area (Å²) < 4.78 is 5.45. The molecular weight excluding hydrogens is 162 g/mol. The first-order valence-corrected chi connectivity index (χ1v) is 4.42.